The molecule has 1 rings (SSSR count). The summed E-state index contributed by atoms with van der Waals surface area (Å²) >= 11 is 5.55. The fourth-order valence-electron chi connectivity index (χ4n) is 0.725. The van der Waals surface area contributed by atoms with E-state index in [1.165, 1.54) is 12.4 Å². The first-order valence-corrected chi connectivity index (χ1v) is 5.72. The molecule has 0 amide bonds. The van der Waals surface area contributed by atoms with E-state index in [1.807, 2.05) is 0 Å². The van der Waals surface area contributed by atoms with Crippen molar-refractivity contribution in [3.8, 4) is 0 Å². The minimum Gasteiger partial charge on any atom is -0.265 e. The van der Waals surface area contributed by atoms with Crippen molar-refractivity contribution < 1.29 is 12.6 Å². The SMILES string of the molecule is CCCOS(=O)(=O)c1nccnc1Cl. The Morgan fingerprint density at radius 3 is 2.64 bits per heavy atom. The van der Waals surface area contributed by atoms with Gasteiger partial charge in [0, 0.05) is 12.4 Å². The van der Waals surface area contributed by atoms with Crippen molar-refractivity contribution in [1.82, 2.24) is 9.97 Å². The van der Waals surface area contributed by atoms with Crippen LogP contribution in [0, 0.1) is 0 Å². The Hall–Kier alpha value is -0.720. The van der Waals surface area contributed by atoms with Gasteiger partial charge in [-0.15, -0.1) is 0 Å². The number of halogens is 1. The van der Waals surface area contributed by atoms with Crippen LogP contribution in [-0.2, 0) is 14.3 Å². The zero-order valence-corrected chi connectivity index (χ0v) is 9.05. The Bertz CT molecular complexity index is 407. The highest BCUT2D eigenvalue weighted by Gasteiger charge is 2.20. The molecule has 1 aromatic rings. The van der Waals surface area contributed by atoms with Crippen molar-refractivity contribution >= 4 is 21.7 Å². The van der Waals surface area contributed by atoms with Crippen LogP contribution < -0.4 is 0 Å². The van der Waals surface area contributed by atoms with E-state index in [-0.39, 0.29) is 16.8 Å². The van der Waals surface area contributed by atoms with Gasteiger partial charge in [-0.3, -0.25) is 4.18 Å². The number of rotatable bonds is 4. The summed E-state index contributed by atoms with van der Waals surface area (Å²) in [5.41, 5.74) is 0. The van der Waals surface area contributed by atoms with Gasteiger partial charge in [0.15, 0.2) is 5.15 Å². The molecule has 0 aromatic carbocycles. The summed E-state index contributed by atoms with van der Waals surface area (Å²) in [7, 11) is -3.86. The molecule has 0 fully saturated rings. The van der Waals surface area contributed by atoms with E-state index < -0.39 is 10.1 Å². The Kier molecular flexibility index (Phi) is 3.79. The van der Waals surface area contributed by atoms with Gasteiger partial charge >= 0.3 is 10.1 Å². The average molecular weight is 237 g/mol. The van der Waals surface area contributed by atoms with Crippen LogP contribution in [-0.4, -0.2) is 25.0 Å². The minimum atomic E-state index is -3.86. The van der Waals surface area contributed by atoms with E-state index in [4.69, 9.17) is 11.6 Å². The molecular formula is C7H9ClN2O3S. The summed E-state index contributed by atoms with van der Waals surface area (Å²) in [6.07, 6.45) is 3.15. The maximum Gasteiger partial charge on any atom is 0.317 e. The summed E-state index contributed by atoms with van der Waals surface area (Å²) in [6.45, 7) is 1.91. The third-order valence-corrected chi connectivity index (χ3v) is 2.94. The van der Waals surface area contributed by atoms with Crippen molar-refractivity contribution in [3.05, 3.63) is 17.5 Å². The summed E-state index contributed by atoms with van der Waals surface area (Å²) in [4.78, 5) is 7.19. The summed E-state index contributed by atoms with van der Waals surface area (Å²) in [5, 5.41) is -0.515. The predicted molar refractivity (Wildman–Crippen MR) is 50.5 cm³/mol. The Balaban J connectivity index is 2.99. The molecule has 0 radical (unpaired) electrons. The standard InChI is InChI=1S/C7H9ClN2O3S/c1-2-5-13-14(11,12)7-6(8)9-3-4-10-7/h3-4H,2,5H2,1H3. The Labute approximate surface area is 87.2 Å². The molecule has 0 unspecified atom stereocenters. The molecule has 1 aromatic heterocycles. The quantitative estimate of drug-likeness (QED) is 0.736. The van der Waals surface area contributed by atoms with Crippen LogP contribution in [0.2, 0.25) is 5.15 Å². The topological polar surface area (TPSA) is 69.2 Å². The molecule has 0 saturated carbocycles. The van der Waals surface area contributed by atoms with Gasteiger partial charge in [-0.2, -0.15) is 8.42 Å². The number of hydrogen-bond acceptors (Lipinski definition) is 5. The van der Waals surface area contributed by atoms with Crippen molar-refractivity contribution in [2.24, 2.45) is 0 Å². The molecule has 0 bridgehead atoms. The summed E-state index contributed by atoms with van der Waals surface area (Å²) in [6, 6.07) is 0. The molecular weight excluding hydrogens is 228 g/mol. The molecule has 7 heteroatoms. The molecule has 1 heterocycles. The third kappa shape index (κ3) is 2.63. The lowest BCUT2D eigenvalue weighted by Gasteiger charge is -2.03. The van der Waals surface area contributed by atoms with Crippen LogP contribution in [0.5, 0.6) is 0 Å². The van der Waals surface area contributed by atoms with Gasteiger partial charge in [0.25, 0.3) is 0 Å². The molecule has 78 valence electrons. The van der Waals surface area contributed by atoms with E-state index in [1.54, 1.807) is 6.92 Å². The molecule has 0 atom stereocenters. The van der Waals surface area contributed by atoms with Crippen LogP contribution in [0.1, 0.15) is 13.3 Å². The van der Waals surface area contributed by atoms with E-state index in [9.17, 15) is 8.42 Å². The first-order valence-electron chi connectivity index (χ1n) is 3.94. The van der Waals surface area contributed by atoms with Gasteiger partial charge in [-0.1, -0.05) is 18.5 Å². The van der Waals surface area contributed by atoms with Crippen LogP contribution in [0.3, 0.4) is 0 Å². The van der Waals surface area contributed by atoms with Gasteiger partial charge in [0.05, 0.1) is 6.61 Å². The zero-order chi connectivity index (χ0) is 10.6. The molecule has 0 N–H and O–H groups in total. The van der Waals surface area contributed by atoms with Crippen molar-refractivity contribution in [3.63, 3.8) is 0 Å². The lowest BCUT2D eigenvalue weighted by molar-refractivity contribution is 0.316. The molecule has 5 nitrogen and oxygen atoms in total. The second kappa shape index (κ2) is 4.68. The van der Waals surface area contributed by atoms with Gasteiger partial charge < -0.3 is 0 Å². The smallest absolute Gasteiger partial charge is 0.265 e. The van der Waals surface area contributed by atoms with E-state index in [2.05, 4.69) is 14.2 Å². The first-order chi connectivity index (χ1) is 6.58. The first kappa shape index (κ1) is 11.4. The van der Waals surface area contributed by atoms with E-state index in [0.717, 1.165) is 0 Å². The highest BCUT2D eigenvalue weighted by Crippen LogP contribution is 2.17. The molecule has 0 aliphatic carbocycles. The highest BCUT2D eigenvalue weighted by atomic mass is 35.5. The van der Waals surface area contributed by atoms with E-state index >= 15 is 0 Å². The van der Waals surface area contributed by atoms with E-state index in [0.29, 0.717) is 6.42 Å². The predicted octanol–water partition coefficient (Wildman–Crippen LogP) is 1.25. The number of nitrogens with zero attached hydrogens (tertiary/aromatic N) is 2. The van der Waals surface area contributed by atoms with Gasteiger partial charge in [0.2, 0.25) is 5.03 Å². The monoisotopic (exact) mass is 236 g/mol. The van der Waals surface area contributed by atoms with Gasteiger partial charge in [0.1, 0.15) is 0 Å². The van der Waals surface area contributed by atoms with Crippen molar-refractivity contribution in [2.75, 3.05) is 6.61 Å². The van der Waals surface area contributed by atoms with Crippen LogP contribution in [0.25, 0.3) is 0 Å². The molecule has 14 heavy (non-hydrogen) atoms. The fourth-order valence-corrected chi connectivity index (χ4v) is 2.06. The minimum absolute atomic E-state index is 0.106. The molecule has 0 aliphatic rings. The van der Waals surface area contributed by atoms with Gasteiger partial charge in [-0.05, 0) is 6.42 Å². The average Bonchev–Trinajstić information content (AvgIpc) is 2.15. The van der Waals surface area contributed by atoms with Crippen molar-refractivity contribution in [1.29, 1.82) is 0 Å². The second-order valence-corrected chi connectivity index (χ2v) is 4.32. The summed E-state index contributed by atoms with van der Waals surface area (Å²) in [5.74, 6) is 0. The van der Waals surface area contributed by atoms with Crippen LogP contribution >= 0.6 is 11.6 Å². The lowest BCUT2D eigenvalue weighted by atomic mass is 10.5. The number of hydrogen-bond donors (Lipinski definition) is 0. The van der Waals surface area contributed by atoms with Crippen LogP contribution in [0.15, 0.2) is 17.4 Å². The second-order valence-electron chi connectivity index (χ2n) is 2.43. The highest BCUT2D eigenvalue weighted by molar-refractivity contribution is 7.86. The number of aromatic nitrogens is 2. The fraction of sp³-hybridized carbons (Fsp3) is 0.429. The van der Waals surface area contributed by atoms with Crippen molar-refractivity contribution in [2.45, 2.75) is 18.4 Å². The maximum absolute atomic E-state index is 11.4. The van der Waals surface area contributed by atoms with Crippen LogP contribution in [0.4, 0.5) is 0 Å². The molecule has 0 saturated heterocycles. The normalized spacial score (nSPS) is 11.6. The Morgan fingerprint density at radius 2 is 2.07 bits per heavy atom. The van der Waals surface area contributed by atoms with Gasteiger partial charge in [-0.25, -0.2) is 9.97 Å². The molecule has 0 aliphatic heterocycles. The summed E-state index contributed by atoms with van der Waals surface area (Å²) < 4.78 is 27.4. The maximum atomic E-state index is 11.4. The third-order valence-electron chi connectivity index (χ3n) is 1.30. The largest absolute Gasteiger partial charge is 0.317 e. The zero-order valence-electron chi connectivity index (χ0n) is 7.47. The Morgan fingerprint density at radius 1 is 1.43 bits per heavy atom. The molecule has 0 spiro atoms. The lowest BCUT2D eigenvalue weighted by Crippen LogP contribution is -2.10.